The molecule has 2 rings (SSSR count). The third kappa shape index (κ3) is 2.54. The van der Waals surface area contributed by atoms with Crippen LogP contribution in [0.4, 0.5) is 0 Å². The van der Waals surface area contributed by atoms with Crippen LogP contribution in [0, 0.1) is 11.3 Å². The van der Waals surface area contributed by atoms with Gasteiger partial charge in [0, 0.05) is 6.92 Å². The van der Waals surface area contributed by atoms with E-state index in [9.17, 15) is 9.59 Å². The molecule has 0 unspecified atom stereocenters. The van der Waals surface area contributed by atoms with Gasteiger partial charge in [-0.05, 0) is 12.1 Å². The average molecular weight is 204 g/mol. The predicted molar refractivity (Wildman–Crippen MR) is 54.4 cm³/mol. The second-order valence-corrected chi connectivity index (χ2v) is 2.57. The van der Waals surface area contributed by atoms with Crippen molar-refractivity contribution in [3.63, 3.8) is 0 Å². The molecule has 0 saturated heterocycles. The van der Waals surface area contributed by atoms with Crippen LogP contribution in [0.3, 0.4) is 0 Å². The Morgan fingerprint density at radius 3 is 2.60 bits per heavy atom. The number of aromatic amines is 1. The van der Waals surface area contributed by atoms with Crippen LogP contribution in [0.2, 0.25) is 0 Å². The van der Waals surface area contributed by atoms with E-state index >= 15 is 0 Å². The summed E-state index contributed by atoms with van der Waals surface area (Å²) in [6.07, 6.45) is 0. The molecule has 1 heterocycles. The average Bonchev–Trinajstić information content (AvgIpc) is 2.18. The number of nitriles is 1. The molecule has 0 aliphatic heterocycles. The van der Waals surface area contributed by atoms with Gasteiger partial charge in [0.05, 0.1) is 17.0 Å². The van der Waals surface area contributed by atoms with Gasteiger partial charge in [0.1, 0.15) is 0 Å². The van der Waals surface area contributed by atoms with Gasteiger partial charge in [-0.2, -0.15) is 5.26 Å². The van der Waals surface area contributed by atoms with Gasteiger partial charge in [-0.15, -0.1) is 0 Å². The second kappa shape index (κ2) is 4.77. The number of aromatic nitrogens is 1. The SMILES string of the molecule is CC#N.O=c1[nH]c2ccccc2c(=O)o1. The fraction of sp³-hybridized carbons (Fsp3) is 0.100. The Bertz CT molecular complexity index is 604. The Balaban J connectivity index is 0.000000337. The summed E-state index contributed by atoms with van der Waals surface area (Å²) in [6.45, 7) is 1.43. The van der Waals surface area contributed by atoms with Crippen LogP contribution in [0.25, 0.3) is 10.9 Å². The molecule has 2 aromatic rings. The molecule has 0 amide bonds. The second-order valence-electron chi connectivity index (χ2n) is 2.57. The van der Waals surface area contributed by atoms with Crippen LogP contribution < -0.4 is 11.4 Å². The van der Waals surface area contributed by atoms with E-state index in [0.29, 0.717) is 10.9 Å². The first kappa shape index (κ1) is 10.7. The van der Waals surface area contributed by atoms with Crippen LogP contribution in [0.1, 0.15) is 6.92 Å². The molecule has 1 N–H and O–H groups in total. The molecule has 1 aromatic carbocycles. The summed E-state index contributed by atoms with van der Waals surface area (Å²) in [5.41, 5.74) is -0.104. The van der Waals surface area contributed by atoms with E-state index in [1.165, 1.54) is 6.92 Å². The van der Waals surface area contributed by atoms with Crippen LogP contribution in [0.15, 0.2) is 38.3 Å². The summed E-state index contributed by atoms with van der Waals surface area (Å²) in [5.74, 6) is -0.723. The molecular weight excluding hydrogens is 196 g/mol. The topological polar surface area (TPSA) is 86.9 Å². The molecule has 0 radical (unpaired) electrons. The van der Waals surface area contributed by atoms with Crippen molar-refractivity contribution in [1.82, 2.24) is 4.98 Å². The summed E-state index contributed by atoms with van der Waals surface area (Å²) in [6, 6.07) is 8.43. The first-order valence-corrected chi connectivity index (χ1v) is 4.12. The molecule has 0 aliphatic carbocycles. The molecular formula is C10H8N2O3. The largest absolute Gasteiger partial charge is 0.419 e. The van der Waals surface area contributed by atoms with Crippen molar-refractivity contribution in [3.8, 4) is 6.07 Å². The van der Waals surface area contributed by atoms with Crippen LogP contribution >= 0.6 is 0 Å². The van der Waals surface area contributed by atoms with Crippen molar-refractivity contribution in [2.45, 2.75) is 6.92 Å². The van der Waals surface area contributed by atoms with E-state index < -0.39 is 11.4 Å². The van der Waals surface area contributed by atoms with Gasteiger partial charge in [-0.25, -0.2) is 9.59 Å². The first-order chi connectivity index (χ1) is 7.19. The standard InChI is InChI=1S/C8H5NO3.C2H3N/c10-7-5-3-1-2-4-6(5)9-8(11)12-7;1-2-3/h1-4H,(H,9,11);1H3. The minimum Gasteiger partial charge on any atom is -0.372 e. The van der Waals surface area contributed by atoms with Crippen molar-refractivity contribution in [2.24, 2.45) is 0 Å². The van der Waals surface area contributed by atoms with Gasteiger partial charge in [-0.1, -0.05) is 12.1 Å². The van der Waals surface area contributed by atoms with Gasteiger partial charge in [0.25, 0.3) is 0 Å². The fourth-order valence-electron chi connectivity index (χ4n) is 1.04. The fourth-order valence-corrected chi connectivity index (χ4v) is 1.04. The highest BCUT2D eigenvalue weighted by atomic mass is 16.4. The van der Waals surface area contributed by atoms with E-state index in [-0.39, 0.29) is 0 Å². The molecule has 0 bridgehead atoms. The summed E-state index contributed by atoms with van der Waals surface area (Å²) in [5, 5.41) is 7.71. The molecule has 1 aromatic heterocycles. The van der Waals surface area contributed by atoms with Crippen molar-refractivity contribution in [3.05, 3.63) is 45.2 Å². The number of rotatable bonds is 0. The van der Waals surface area contributed by atoms with Gasteiger partial charge in [0.15, 0.2) is 0 Å². The minimum atomic E-state index is -0.723. The first-order valence-electron chi connectivity index (χ1n) is 4.12. The minimum absolute atomic E-state index is 0.386. The summed E-state index contributed by atoms with van der Waals surface area (Å²) in [4.78, 5) is 24.1. The molecule has 0 fully saturated rings. The van der Waals surface area contributed by atoms with Gasteiger partial charge in [-0.3, -0.25) is 4.98 Å². The Hall–Kier alpha value is -2.35. The lowest BCUT2D eigenvalue weighted by Gasteiger charge is -1.91. The van der Waals surface area contributed by atoms with E-state index in [2.05, 4.69) is 9.40 Å². The number of nitrogens with one attached hydrogen (secondary N) is 1. The third-order valence-corrected chi connectivity index (χ3v) is 1.57. The van der Waals surface area contributed by atoms with Crippen molar-refractivity contribution < 1.29 is 4.42 Å². The van der Waals surface area contributed by atoms with Crippen molar-refractivity contribution >= 4 is 10.9 Å². The van der Waals surface area contributed by atoms with Gasteiger partial charge >= 0.3 is 11.4 Å². The predicted octanol–water partition coefficient (Wildman–Crippen LogP) is 1.01. The Morgan fingerprint density at radius 2 is 1.93 bits per heavy atom. The number of benzene rings is 1. The highest BCUT2D eigenvalue weighted by molar-refractivity contribution is 5.76. The molecule has 0 saturated carbocycles. The highest BCUT2D eigenvalue weighted by Gasteiger charge is 1.98. The van der Waals surface area contributed by atoms with Gasteiger partial charge < -0.3 is 4.42 Å². The summed E-state index contributed by atoms with van der Waals surface area (Å²) >= 11 is 0. The lowest BCUT2D eigenvalue weighted by molar-refractivity contribution is 0.460. The lowest BCUT2D eigenvalue weighted by Crippen LogP contribution is -2.13. The molecule has 0 atom stereocenters. The lowest BCUT2D eigenvalue weighted by atomic mass is 10.2. The van der Waals surface area contributed by atoms with Crippen LogP contribution in [-0.4, -0.2) is 4.98 Å². The van der Waals surface area contributed by atoms with Crippen LogP contribution in [0.5, 0.6) is 0 Å². The smallest absolute Gasteiger partial charge is 0.372 e. The Kier molecular flexibility index (Phi) is 3.41. The maximum Gasteiger partial charge on any atom is 0.419 e. The van der Waals surface area contributed by atoms with Crippen molar-refractivity contribution in [2.75, 3.05) is 0 Å². The number of para-hydroxylation sites is 1. The Morgan fingerprint density at radius 1 is 1.33 bits per heavy atom. The number of nitrogens with zero attached hydrogens (tertiary/aromatic N) is 1. The van der Waals surface area contributed by atoms with Crippen LogP contribution in [-0.2, 0) is 0 Å². The molecule has 76 valence electrons. The summed E-state index contributed by atoms with van der Waals surface area (Å²) < 4.78 is 4.32. The summed E-state index contributed by atoms with van der Waals surface area (Å²) in [7, 11) is 0. The van der Waals surface area contributed by atoms with Crippen molar-refractivity contribution in [1.29, 1.82) is 5.26 Å². The maximum absolute atomic E-state index is 11.0. The normalized spacial score (nSPS) is 8.80. The molecule has 15 heavy (non-hydrogen) atoms. The zero-order chi connectivity index (χ0) is 11.3. The molecule has 0 aliphatic rings. The number of hydrogen-bond acceptors (Lipinski definition) is 4. The third-order valence-electron chi connectivity index (χ3n) is 1.57. The molecule has 0 spiro atoms. The Labute approximate surface area is 84.6 Å². The zero-order valence-corrected chi connectivity index (χ0v) is 7.98. The quantitative estimate of drug-likeness (QED) is 0.693. The number of H-pyrrole nitrogens is 1. The maximum atomic E-state index is 11.0. The highest BCUT2D eigenvalue weighted by Crippen LogP contribution is 2.01. The number of hydrogen-bond donors (Lipinski definition) is 1. The zero-order valence-electron chi connectivity index (χ0n) is 7.98. The van der Waals surface area contributed by atoms with E-state index in [1.807, 2.05) is 0 Å². The van der Waals surface area contributed by atoms with Gasteiger partial charge in [0.2, 0.25) is 0 Å². The monoisotopic (exact) mass is 204 g/mol. The number of fused-ring (bicyclic) bond motifs is 1. The van der Waals surface area contributed by atoms with E-state index in [4.69, 9.17) is 5.26 Å². The molecule has 5 heteroatoms. The van der Waals surface area contributed by atoms with E-state index in [1.54, 1.807) is 30.3 Å². The molecule has 5 nitrogen and oxygen atoms in total. The van der Waals surface area contributed by atoms with E-state index in [0.717, 1.165) is 0 Å².